The predicted molar refractivity (Wildman–Crippen MR) is 101 cm³/mol. The number of piperazine rings is 1. The fourth-order valence-corrected chi connectivity index (χ4v) is 3.20. The summed E-state index contributed by atoms with van der Waals surface area (Å²) in [6.07, 6.45) is 0.0628. The van der Waals surface area contributed by atoms with Crippen LogP contribution in [0, 0.1) is 5.82 Å². The van der Waals surface area contributed by atoms with E-state index in [4.69, 9.17) is 0 Å². The molecule has 0 radical (unpaired) electrons. The van der Waals surface area contributed by atoms with E-state index in [1.807, 2.05) is 12.1 Å². The van der Waals surface area contributed by atoms with Crippen molar-refractivity contribution >= 4 is 5.91 Å². The number of carbonyl (C=O) groups is 1. The molecule has 1 aliphatic rings. The molecule has 4 nitrogen and oxygen atoms in total. The van der Waals surface area contributed by atoms with E-state index in [-0.39, 0.29) is 18.1 Å². The molecular formula is C21H26FN3O. The fourth-order valence-electron chi connectivity index (χ4n) is 3.20. The summed E-state index contributed by atoms with van der Waals surface area (Å²) in [7, 11) is 2.15. The Labute approximate surface area is 154 Å². The van der Waals surface area contributed by atoms with E-state index < -0.39 is 0 Å². The van der Waals surface area contributed by atoms with Crippen LogP contribution in [0.25, 0.3) is 0 Å². The Morgan fingerprint density at radius 3 is 2.27 bits per heavy atom. The molecule has 1 amide bonds. The van der Waals surface area contributed by atoms with Crippen molar-refractivity contribution in [2.75, 3.05) is 33.2 Å². The largest absolute Gasteiger partial charge is 0.352 e. The number of nitrogens with one attached hydrogen (secondary N) is 1. The fraction of sp³-hybridized carbons (Fsp3) is 0.381. The molecule has 1 saturated heterocycles. The summed E-state index contributed by atoms with van der Waals surface area (Å²) in [5.74, 6) is -0.498. The summed E-state index contributed by atoms with van der Waals surface area (Å²) >= 11 is 0. The van der Waals surface area contributed by atoms with Crippen LogP contribution in [0.1, 0.15) is 16.7 Å². The maximum absolute atomic E-state index is 13.7. The van der Waals surface area contributed by atoms with Gasteiger partial charge in [-0.25, -0.2) is 4.39 Å². The lowest BCUT2D eigenvalue weighted by Gasteiger charge is -2.32. The van der Waals surface area contributed by atoms with Crippen LogP contribution in [0.15, 0.2) is 48.5 Å². The Morgan fingerprint density at radius 2 is 1.58 bits per heavy atom. The number of hydrogen-bond acceptors (Lipinski definition) is 3. The number of nitrogens with zero attached hydrogens (tertiary/aromatic N) is 2. The quantitative estimate of drug-likeness (QED) is 0.865. The molecule has 0 unspecified atom stereocenters. The van der Waals surface area contributed by atoms with Crippen LogP contribution in [-0.4, -0.2) is 48.9 Å². The zero-order chi connectivity index (χ0) is 18.4. The molecule has 2 aromatic rings. The molecule has 138 valence electrons. The van der Waals surface area contributed by atoms with Gasteiger partial charge in [-0.05, 0) is 29.8 Å². The Kier molecular flexibility index (Phi) is 6.36. The first-order valence-corrected chi connectivity index (χ1v) is 9.09. The van der Waals surface area contributed by atoms with Crippen LogP contribution < -0.4 is 5.32 Å². The Morgan fingerprint density at radius 1 is 0.962 bits per heavy atom. The Hall–Kier alpha value is -2.24. The van der Waals surface area contributed by atoms with E-state index in [0.717, 1.165) is 38.3 Å². The summed E-state index contributed by atoms with van der Waals surface area (Å²) in [5.41, 5.74) is 2.78. The van der Waals surface area contributed by atoms with Crippen LogP contribution >= 0.6 is 0 Å². The normalized spacial score (nSPS) is 15.8. The summed E-state index contributed by atoms with van der Waals surface area (Å²) in [6.45, 7) is 5.66. The van der Waals surface area contributed by atoms with Crippen molar-refractivity contribution in [2.24, 2.45) is 0 Å². The third-order valence-electron chi connectivity index (χ3n) is 4.89. The van der Waals surface area contributed by atoms with Crippen LogP contribution in [0.3, 0.4) is 0 Å². The maximum Gasteiger partial charge on any atom is 0.224 e. The zero-order valence-corrected chi connectivity index (χ0v) is 15.2. The smallest absolute Gasteiger partial charge is 0.224 e. The van der Waals surface area contributed by atoms with Gasteiger partial charge in [-0.3, -0.25) is 9.69 Å². The van der Waals surface area contributed by atoms with Crippen LogP contribution in [0.5, 0.6) is 0 Å². The van der Waals surface area contributed by atoms with Gasteiger partial charge in [0.15, 0.2) is 0 Å². The topological polar surface area (TPSA) is 35.6 Å². The summed E-state index contributed by atoms with van der Waals surface area (Å²) in [6, 6.07) is 14.6. The first kappa shape index (κ1) is 18.5. The molecule has 1 heterocycles. The summed E-state index contributed by atoms with van der Waals surface area (Å²) in [5, 5.41) is 2.93. The lowest BCUT2D eigenvalue weighted by molar-refractivity contribution is -0.120. The van der Waals surface area contributed by atoms with Gasteiger partial charge in [0.1, 0.15) is 5.82 Å². The number of amides is 1. The first-order valence-electron chi connectivity index (χ1n) is 9.09. The molecule has 0 atom stereocenters. The van der Waals surface area contributed by atoms with Crippen molar-refractivity contribution < 1.29 is 9.18 Å². The van der Waals surface area contributed by atoms with Crippen molar-refractivity contribution in [2.45, 2.75) is 19.5 Å². The van der Waals surface area contributed by atoms with Gasteiger partial charge in [-0.2, -0.15) is 0 Å². The van der Waals surface area contributed by atoms with Gasteiger partial charge in [-0.1, -0.05) is 42.5 Å². The highest BCUT2D eigenvalue weighted by molar-refractivity contribution is 5.78. The number of rotatable bonds is 6. The molecule has 0 bridgehead atoms. The molecule has 0 aromatic heterocycles. The summed E-state index contributed by atoms with van der Waals surface area (Å²) in [4.78, 5) is 17.0. The van der Waals surface area contributed by atoms with Crippen molar-refractivity contribution in [1.82, 2.24) is 15.1 Å². The minimum absolute atomic E-state index is 0.0628. The lowest BCUT2D eigenvalue weighted by atomic mass is 10.1. The third kappa shape index (κ3) is 5.13. The van der Waals surface area contributed by atoms with Gasteiger partial charge in [0.2, 0.25) is 5.91 Å². The van der Waals surface area contributed by atoms with Gasteiger partial charge in [0.25, 0.3) is 0 Å². The van der Waals surface area contributed by atoms with Crippen LogP contribution in [-0.2, 0) is 24.3 Å². The molecule has 3 rings (SSSR count). The van der Waals surface area contributed by atoms with Crippen LogP contribution in [0.4, 0.5) is 4.39 Å². The average molecular weight is 355 g/mol. The molecule has 5 heteroatoms. The number of halogens is 1. The Bertz CT molecular complexity index is 742. The van der Waals surface area contributed by atoms with E-state index in [1.165, 1.54) is 11.6 Å². The van der Waals surface area contributed by atoms with Crippen molar-refractivity contribution in [3.05, 3.63) is 71.0 Å². The molecule has 0 saturated carbocycles. The highest BCUT2D eigenvalue weighted by Crippen LogP contribution is 2.14. The van der Waals surface area contributed by atoms with Crippen molar-refractivity contribution in [3.8, 4) is 0 Å². The number of hydrogen-bond donors (Lipinski definition) is 1. The predicted octanol–water partition coefficient (Wildman–Crippen LogP) is 2.43. The van der Waals surface area contributed by atoms with E-state index in [0.29, 0.717) is 12.1 Å². The molecular weight excluding hydrogens is 329 g/mol. The SMILES string of the molecule is CN1CCN(Cc2ccccc2CNC(=O)Cc2ccccc2F)CC1. The molecule has 2 aromatic carbocycles. The molecule has 0 spiro atoms. The van der Waals surface area contributed by atoms with Gasteiger partial charge in [0, 0.05) is 39.3 Å². The van der Waals surface area contributed by atoms with E-state index >= 15 is 0 Å². The van der Waals surface area contributed by atoms with Crippen molar-refractivity contribution in [3.63, 3.8) is 0 Å². The number of benzene rings is 2. The second-order valence-corrected chi connectivity index (χ2v) is 6.89. The molecule has 1 N–H and O–H groups in total. The van der Waals surface area contributed by atoms with Gasteiger partial charge >= 0.3 is 0 Å². The number of carbonyl (C=O) groups excluding carboxylic acids is 1. The Balaban J connectivity index is 1.56. The molecule has 0 aliphatic carbocycles. The minimum Gasteiger partial charge on any atom is -0.352 e. The lowest BCUT2D eigenvalue weighted by Crippen LogP contribution is -2.44. The average Bonchev–Trinajstić information content (AvgIpc) is 2.65. The van der Waals surface area contributed by atoms with Crippen molar-refractivity contribution in [1.29, 1.82) is 0 Å². The second kappa shape index (κ2) is 8.92. The molecule has 26 heavy (non-hydrogen) atoms. The highest BCUT2D eigenvalue weighted by Gasteiger charge is 2.15. The number of likely N-dealkylation sites (N-methyl/N-ethyl adjacent to an activating group) is 1. The van der Waals surface area contributed by atoms with Gasteiger partial charge in [0.05, 0.1) is 6.42 Å². The third-order valence-corrected chi connectivity index (χ3v) is 4.89. The van der Waals surface area contributed by atoms with E-state index in [2.05, 4.69) is 34.3 Å². The maximum atomic E-state index is 13.7. The van der Waals surface area contributed by atoms with Crippen LogP contribution in [0.2, 0.25) is 0 Å². The van der Waals surface area contributed by atoms with E-state index in [9.17, 15) is 9.18 Å². The molecule has 1 aliphatic heterocycles. The zero-order valence-electron chi connectivity index (χ0n) is 15.2. The second-order valence-electron chi connectivity index (χ2n) is 6.89. The van der Waals surface area contributed by atoms with Gasteiger partial charge < -0.3 is 10.2 Å². The first-order chi connectivity index (χ1) is 12.6. The summed E-state index contributed by atoms with van der Waals surface area (Å²) < 4.78 is 13.7. The van der Waals surface area contributed by atoms with E-state index in [1.54, 1.807) is 18.2 Å². The molecule has 1 fully saturated rings. The highest BCUT2D eigenvalue weighted by atomic mass is 19.1. The monoisotopic (exact) mass is 355 g/mol. The minimum atomic E-state index is -0.335. The standard InChI is InChI=1S/C21H26FN3O/c1-24-10-12-25(13-11-24)16-19-8-3-2-7-18(19)15-23-21(26)14-17-6-4-5-9-20(17)22/h2-9H,10-16H2,1H3,(H,23,26). The van der Waals surface area contributed by atoms with Gasteiger partial charge in [-0.15, -0.1) is 0 Å².